The Hall–Kier alpha value is -1.00. The van der Waals surface area contributed by atoms with Crippen LogP contribution in [0.25, 0.3) is 0 Å². The van der Waals surface area contributed by atoms with E-state index in [1.54, 1.807) is 0 Å². The zero-order valence-electron chi connectivity index (χ0n) is 11.6. The van der Waals surface area contributed by atoms with Crippen molar-refractivity contribution in [3.8, 4) is 0 Å². The summed E-state index contributed by atoms with van der Waals surface area (Å²) in [7, 11) is 1.96. The fourth-order valence-electron chi connectivity index (χ4n) is 3.24. The van der Waals surface area contributed by atoms with Crippen LogP contribution in [0.4, 0.5) is 0 Å². The molecule has 4 nitrogen and oxygen atoms in total. The van der Waals surface area contributed by atoms with Crippen molar-refractivity contribution in [3.63, 3.8) is 0 Å². The van der Waals surface area contributed by atoms with Crippen molar-refractivity contribution in [2.24, 2.45) is 12.5 Å². The lowest BCUT2D eigenvalue weighted by molar-refractivity contribution is 0.0766. The Morgan fingerprint density at radius 3 is 2.74 bits per heavy atom. The zero-order valence-corrected chi connectivity index (χ0v) is 12.4. The summed E-state index contributed by atoms with van der Waals surface area (Å²) in [5, 5.41) is 3.43. The fourth-order valence-corrected chi connectivity index (χ4v) is 3.24. The van der Waals surface area contributed by atoms with Crippen molar-refractivity contribution >= 4 is 18.3 Å². The SMILES string of the molecule is Cc1ccc(C(=O)N2CCC3(CCNC3)C2)n1C.Cl. The lowest BCUT2D eigenvalue weighted by Gasteiger charge is -2.23. The maximum atomic E-state index is 12.5. The highest BCUT2D eigenvalue weighted by atomic mass is 35.5. The second-order valence-electron chi connectivity index (χ2n) is 5.82. The third kappa shape index (κ3) is 2.39. The lowest BCUT2D eigenvalue weighted by atomic mass is 9.87. The van der Waals surface area contributed by atoms with Gasteiger partial charge in [-0.05, 0) is 38.4 Å². The predicted molar refractivity (Wildman–Crippen MR) is 77.8 cm³/mol. The molecule has 3 heterocycles. The highest BCUT2D eigenvalue weighted by Gasteiger charge is 2.42. The predicted octanol–water partition coefficient (Wildman–Crippen LogP) is 1.58. The van der Waals surface area contributed by atoms with Gasteiger partial charge in [-0.15, -0.1) is 12.4 Å². The molecule has 1 atom stereocenters. The second-order valence-corrected chi connectivity index (χ2v) is 5.82. The van der Waals surface area contributed by atoms with Gasteiger partial charge in [0.05, 0.1) is 0 Å². The number of nitrogens with zero attached hydrogens (tertiary/aromatic N) is 2. The molecule has 0 bridgehead atoms. The summed E-state index contributed by atoms with van der Waals surface area (Å²) in [6.45, 7) is 6.03. The summed E-state index contributed by atoms with van der Waals surface area (Å²) < 4.78 is 1.99. The summed E-state index contributed by atoms with van der Waals surface area (Å²) >= 11 is 0. The van der Waals surface area contributed by atoms with E-state index in [1.807, 2.05) is 35.6 Å². The number of carbonyl (C=O) groups excluding carboxylic acids is 1. The van der Waals surface area contributed by atoms with E-state index in [-0.39, 0.29) is 18.3 Å². The maximum absolute atomic E-state index is 12.5. The molecule has 19 heavy (non-hydrogen) atoms. The van der Waals surface area contributed by atoms with E-state index in [4.69, 9.17) is 0 Å². The molecule has 0 saturated carbocycles. The topological polar surface area (TPSA) is 37.3 Å². The minimum atomic E-state index is 0. The molecule has 0 aromatic carbocycles. The number of nitrogens with one attached hydrogen (secondary N) is 1. The Balaban J connectivity index is 0.00000133. The molecular formula is C14H22ClN3O. The molecule has 2 aliphatic heterocycles. The minimum absolute atomic E-state index is 0. The molecule has 2 aliphatic rings. The smallest absolute Gasteiger partial charge is 0.270 e. The molecule has 5 heteroatoms. The van der Waals surface area contributed by atoms with Gasteiger partial charge in [0.1, 0.15) is 5.69 Å². The van der Waals surface area contributed by atoms with Crippen molar-refractivity contribution < 1.29 is 4.79 Å². The Labute approximate surface area is 120 Å². The number of likely N-dealkylation sites (tertiary alicyclic amines) is 1. The monoisotopic (exact) mass is 283 g/mol. The van der Waals surface area contributed by atoms with Crippen LogP contribution in [-0.4, -0.2) is 41.6 Å². The largest absolute Gasteiger partial charge is 0.344 e. The number of halogens is 1. The van der Waals surface area contributed by atoms with Gasteiger partial charge < -0.3 is 14.8 Å². The molecule has 1 N–H and O–H groups in total. The van der Waals surface area contributed by atoms with Gasteiger partial charge in [-0.25, -0.2) is 0 Å². The van der Waals surface area contributed by atoms with Gasteiger partial charge in [0.15, 0.2) is 0 Å². The van der Waals surface area contributed by atoms with Gasteiger partial charge in [0, 0.05) is 37.8 Å². The molecule has 1 aromatic heterocycles. The van der Waals surface area contributed by atoms with Gasteiger partial charge in [-0.2, -0.15) is 0 Å². The number of aromatic nitrogens is 1. The van der Waals surface area contributed by atoms with Gasteiger partial charge >= 0.3 is 0 Å². The quantitative estimate of drug-likeness (QED) is 0.850. The first-order valence-electron chi connectivity index (χ1n) is 6.74. The highest BCUT2D eigenvalue weighted by molar-refractivity contribution is 5.93. The summed E-state index contributed by atoms with van der Waals surface area (Å²) in [4.78, 5) is 14.5. The molecule has 2 saturated heterocycles. The number of aryl methyl sites for hydroxylation is 1. The van der Waals surface area contributed by atoms with E-state index in [2.05, 4.69) is 5.32 Å². The number of hydrogen-bond donors (Lipinski definition) is 1. The third-order valence-corrected chi connectivity index (χ3v) is 4.65. The van der Waals surface area contributed by atoms with Gasteiger partial charge in [-0.1, -0.05) is 0 Å². The second kappa shape index (κ2) is 5.17. The number of amides is 1. The van der Waals surface area contributed by atoms with E-state index >= 15 is 0 Å². The Bertz CT molecular complexity index is 477. The van der Waals surface area contributed by atoms with Crippen LogP contribution in [0.2, 0.25) is 0 Å². The van der Waals surface area contributed by atoms with E-state index in [1.165, 1.54) is 6.42 Å². The fraction of sp³-hybridized carbons (Fsp3) is 0.643. The van der Waals surface area contributed by atoms with Crippen LogP contribution >= 0.6 is 12.4 Å². The lowest BCUT2D eigenvalue weighted by Crippen LogP contribution is -2.34. The molecule has 0 aliphatic carbocycles. The first-order chi connectivity index (χ1) is 8.61. The summed E-state index contributed by atoms with van der Waals surface area (Å²) in [6.07, 6.45) is 2.36. The average molecular weight is 284 g/mol. The van der Waals surface area contributed by atoms with E-state index < -0.39 is 0 Å². The van der Waals surface area contributed by atoms with Crippen molar-refractivity contribution in [2.75, 3.05) is 26.2 Å². The number of carbonyl (C=O) groups is 1. The van der Waals surface area contributed by atoms with Gasteiger partial charge in [-0.3, -0.25) is 4.79 Å². The van der Waals surface area contributed by atoms with Crippen LogP contribution in [0.15, 0.2) is 12.1 Å². The van der Waals surface area contributed by atoms with Gasteiger partial charge in [0.2, 0.25) is 0 Å². The normalized spacial score (nSPS) is 25.9. The van der Waals surface area contributed by atoms with Crippen LogP contribution < -0.4 is 5.32 Å². The first-order valence-corrected chi connectivity index (χ1v) is 6.74. The van der Waals surface area contributed by atoms with Crippen LogP contribution in [0.1, 0.15) is 29.0 Å². The number of hydrogen-bond acceptors (Lipinski definition) is 2. The molecule has 106 valence electrons. The van der Waals surface area contributed by atoms with E-state index in [9.17, 15) is 4.79 Å². The average Bonchev–Trinajstić information content (AvgIpc) is 3.05. The molecule has 2 fully saturated rings. The molecule has 1 amide bonds. The van der Waals surface area contributed by atoms with Crippen molar-refractivity contribution in [2.45, 2.75) is 19.8 Å². The van der Waals surface area contributed by atoms with Crippen molar-refractivity contribution in [3.05, 3.63) is 23.5 Å². The molecule has 1 aromatic rings. The number of rotatable bonds is 1. The Morgan fingerprint density at radius 1 is 1.37 bits per heavy atom. The Morgan fingerprint density at radius 2 is 2.16 bits per heavy atom. The van der Waals surface area contributed by atoms with Crippen molar-refractivity contribution in [1.29, 1.82) is 0 Å². The molecule has 3 rings (SSSR count). The van der Waals surface area contributed by atoms with Gasteiger partial charge in [0.25, 0.3) is 5.91 Å². The van der Waals surface area contributed by atoms with Crippen LogP contribution in [0, 0.1) is 12.3 Å². The maximum Gasteiger partial charge on any atom is 0.270 e. The summed E-state index contributed by atoms with van der Waals surface area (Å²) in [6, 6.07) is 3.95. The third-order valence-electron chi connectivity index (χ3n) is 4.65. The molecule has 1 unspecified atom stereocenters. The zero-order chi connectivity index (χ0) is 12.8. The minimum Gasteiger partial charge on any atom is -0.344 e. The standard InChI is InChI=1S/C14H21N3O.ClH/c1-11-3-4-12(16(11)2)13(18)17-8-6-14(10-17)5-7-15-9-14;/h3-4,15H,5-10H2,1-2H3;1H. The first kappa shape index (κ1) is 14.4. The van der Waals surface area contributed by atoms with E-state index in [0.29, 0.717) is 5.41 Å². The van der Waals surface area contributed by atoms with Crippen LogP contribution in [-0.2, 0) is 7.05 Å². The molecular weight excluding hydrogens is 262 g/mol. The van der Waals surface area contributed by atoms with E-state index in [0.717, 1.165) is 44.0 Å². The summed E-state index contributed by atoms with van der Waals surface area (Å²) in [5.41, 5.74) is 2.31. The molecule has 1 spiro atoms. The highest BCUT2D eigenvalue weighted by Crippen LogP contribution is 2.36. The Kier molecular flexibility index (Phi) is 3.92. The van der Waals surface area contributed by atoms with Crippen LogP contribution in [0.3, 0.4) is 0 Å². The molecule has 0 radical (unpaired) electrons. The van der Waals surface area contributed by atoms with Crippen molar-refractivity contribution in [1.82, 2.24) is 14.8 Å². The van der Waals surface area contributed by atoms with Crippen LogP contribution in [0.5, 0.6) is 0 Å². The summed E-state index contributed by atoms with van der Waals surface area (Å²) in [5.74, 6) is 0.189.